The van der Waals surface area contributed by atoms with Crippen LogP contribution in [0.15, 0.2) is 54.6 Å². The van der Waals surface area contributed by atoms with Crippen molar-refractivity contribution in [1.82, 2.24) is 0 Å². The molecule has 0 heterocycles. The third-order valence-electron chi connectivity index (χ3n) is 3.85. The summed E-state index contributed by atoms with van der Waals surface area (Å²) in [6.45, 7) is 0. The lowest BCUT2D eigenvalue weighted by Gasteiger charge is -2.12. The third-order valence-corrected chi connectivity index (χ3v) is 3.85. The first-order chi connectivity index (χ1) is 9.83. The topological polar surface area (TPSA) is 33.0 Å². The van der Waals surface area contributed by atoms with E-state index in [0.29, 0.717) is 0 Å². The van der Waals surface area contributed by atoms with E-state index in [1.165, 1.54) is 11.1 Å². The van der Waals surface area contributed by atoms with Gasteiger partial charge >= 0.3 is 0 Å². The molecule has 1 atom stereocenters. The van der Waals surface area contributed by atoms with Crippen LogP contribution in [0.25, 0.3) is 5.57 Å². The SMILES string of the molecule is COc1ccc2c(c1)C(=CC#N)C(c1ccccc1)C2. The number of nitrogens with zero attached hydrogens (tertiary/aromatic N) is 1. The summed E-state index contributed by atoms with van der Waals surface area (Å²) in [5.74, 6) is 1.10. The zero-order valence-electron chi connectivity index (χ0n) is 11.3. The van der Waals surface area contributed by atoms with E-state index in [1.54, 1.807) is 13.2 Å². The van der Waals surface area contributed by atoms with E-state index in [1.807, 2.05) is 30.3 Å². The van der Waals surface area contributed by atoms with Gasteiger partial charge in [-0.3, -0.25) is 0 Å². The highest BCUT2D eigenvalue weighted by Crippen LogP contribution is 2.44. The number of allylic oxidation sites excluding steroid dienone is 2. The second-order valence-electron chi connectivity index (χ2n) is 4.92. The third kappa shape index (κ3) is 2.08. The average molecular weight is 261 g/mol. The number of ether oxygens (including phenoxy) is 1. The molecule has 20 heavy (non-hydrogen) atoms. The molecule has 2 heteroatoms. The zero-order valence-corrected chi connectivity index (χ0v) is 11.3. The van der Waals surface area contributed by atoms with Crippen LogP contribution in [0.5, 0.6) is 5.75 Å². The molecule has 0 amide bonds. The summed E-state index contributed by atoms with van der Waals surface area (Å²) in [5, 5.41) is 9.09. The van der Waals surface area contributed by atoms with Gasteiger partial charge in [-0.25, -0.2) is 0 Å². The van der Waals surface area contributed by atoms with Crippen molar-refractivity contribution in [2.24, 2.45) is 0 Å². The van der Waals surface area contributed by atoms with Crippen LogP contribution in [0.4, 0.5) is 0 Å². The monoisotopic (exact) mass is 261 g/mol. The molecule has 1 aliphatic carbocycles. The van der Waals surface area contributed by atoms with Crippen molar-refractivity contribution < 1.29 is 4.74 Å². The Labute approximate surface area is 118 Å². The summed E-state index contributed by atoms with van der Waals surface area (Å²) < 4.78 is 5.30. The summed E-state index contributed by atoms with van der Waals surface area (Å²) in [6.07, 6.45) is 2.61. The smallest absolute Gasteiger partial charge is 0.119 e. The molecule has 1 unspecified atom stereocenters. The van der Waals surface area contributed by atoms with Crippen molar-refractivity contribution in [1.29, 1.82) is 5.26 Å². The molecule has 0 fully saturated rings. The number of hydrogen-bond donors (Lipinski definition) is 0. The molecule has 0 aromatic heterocycles. The summed E-state index contributed by atoms with van der Waals surface area (Å²) in [5.41, 5.74) is 4.76. The fourth-order valence-electron chi connectivity index (χ4n) is 2.88. The van der Waals surface area contributed by atoms with Gasteiger partial charge in [-0.05, 0) is 40.8 Å². The minimum atomic E-state index is 0.262. The number of methoxy groups -OCH3 is 1. The molecule has 0 saturated carbocycles. The van der Waals surface area contributed by atoms with Crippen LogP contribution in [0.2, 0.25) is 0 Å². The van der Waals surface area contributed by atoms with Crippen LogP contribution in [0, 0.1) is 11.3 Å². The summed E-state index contributed by atoms with van der Waals surface area (Å²) in [6, 6.07) is 18.6. The molecule has 2 aromatic rings. The van der Waals surface area contributed by atoms with Gasteiger partial charge in [0.25, 0.3) is 0 Å². The van der Waals surface area contributed by atoms with E-state index in [-0.39, 0.29) is 5.92 Å². The Balaban J connectivity index is 2.09. The lowest BCUT2D eigenvalue weighted by molar-refractivity contribution is 0.414. The minimum Gasteiger partial charge on any atom is -0.497 e. The standard InChI is InChI=1S/C18H15NO/c1-20-15-8-7-14-11-17(13-5-3-2-4-6-13)16(9-10-19)18(14)12-15/h2-9,12,17H,11H2,1H3. The van der Waals surface area contributed by atoms with Crippen LogP contribution in [-0.4, -0.2) is 7.11 Å². The van der Waals surface area contributed by atoms with Gasteiger partial charge in [0.1, 0.15) is 5.75 Å². The van der Waals surface area contributed by atoms with Gasteiger partial charge in [-0.2, -0.15) is 5.26 Å². The number of benzene rings is 2. The molecule has 2 aromatic carbocycles. The van der Waals surface area contributed by atoms with Gasteiger partial charge in [-0.1, -0.05) is 36.4 Å². The maximum absolute atomic E-state index is 9.09. The van der Waals surface area contributed by atoms with Gasteiger partial charge in [-0.15, -0.1) is 0 Å². The Morgan fingerprint density at radius 1 is 1.20 bits per heavy atom. The lowest BCUT2D eigenvalue weighted by atomic mass is 9.92. The molecule has 0 N–H and O–H groups in total. The van der Waals surface area contributed by atoms with Gasteiger partial charge < -0.3 is 4.74 Å². The quantitative estimate of drug-likeness (QED) is 0.767. The van der Waals surface area contributed by atoms with E-state index in [9.17, 15) is 0 Å². The van der Waals surface area contributed by atoms with Gasteiger partial charge in [0.05, 0.1) is 13.2 Å². The van der Waals surface area contributed by atoms with Crippen molar-refractivity contribution in [2.45, 2.75) is 12.3 Å². The second kappa shape index (κ2) is 5.22. The number of hydrogen-bond acceptors (Lipinski definition) is 2. The molecule has 0 bridgehead atoms. The van der Waals surface area contributed by atoms with E-state index < -0.39 is 0 Å². The fraction of sp³-hybridized carbons (Fsp3) is 0.167. The average Bonchev–Trinajstić information content (AvgIpc) is 2.86. The highest BCUT2D eigenvalue weighted by Gasteiger charge is 2.28. The molecule has 0 spiro atoms. The second-order valence-corrected chi connectivity index (χ2v) is 4.92. The molecular weight excluding hydrogens is 246 g/mol. The number of fused-ring (bicyclic) bond motifs is 1. The highest BCUT2D eigenvalue weighted by molar-refractivity contribution is 5.80. The van der Waals surface area contributed by atoms with E-state index in [4.69, 9.17) is 10.00 Å². The minimum absolute atomic E-state index is 0.262. The molecule has 0 radical (unpaired) electrons. The first kappa shape index (κ1) is 12.5. The van der Waals surface area contributed by atoms with E-state index >= 15 is 0 Å². The van der Waals surface area contributed by atoms with Crippen molar-refractivity contribution >= 4 is 5.57 Å². The Hall–Kier alpha value is -2.53. The molecule has 3 rings (SSSR count). The van der Waals surface area contributed by atoms with Gasteiger partial charge in [0, 0.05) is 12.0 Å². The Bertz CT molecular complexity index is 695. The Morgan fingerprint density at radius 3 is 2.70 bits per heavy atom. The fourth-order valence-corrected chi connectivity index (χ4v) is 2.88. The number of rotatable bonds is 2. The molecule has 0 saturated heterocycles. The summed E-state index contributed by atoms with van der Waals surface area (Å²) >= 11 is 0. The van der Waals surface area contributed by atoms with Gasteiger partial charge in [0.15, 0.2) is 0 Å². The Morgan fingerprint density at radius 2 is 2.00 bits per heavy atom. The van der Waals surface area contributed by atoms with Crippen molar-refractivity contribution in [3.05, 3.63) is 71.3 Å². The molecule has 0 aliphatic heterocycles. The van der Waals surface area contributed by atoms with E-state index in [2.05, 4.69) is 24.3 Å². The maximum Gasteiger partial charge on any atom is 0.119 e. The highest BCUT2D eigenvalue weighted by atomic mass is 16.5. The first-order valence-corrected chi connectivity index (χ1v) is 6.65. The number of nitriles is 1. The first-order valence-electron chi connectivity index (χ1n) is 6.65. The molecule has 2 nitrogen and oxygen atoms in total. The van der Waals surface area contributed by atoms with Crippen LogP contribution >= 0.6 is 0 Å². The normalized spacial score (nSPS) is 18.6. The predicted octanol–water partition coefficient (Wildman–Crippen LogP) is 3.94. The summed E-state index contributed by atoms with van der Waals surface area (Å²) in [7, 11) is 1.67. The Kier molecular flexibility index (Phi) is 3.26. The van der Waals surface area contributed by atoms with Crippen LogP contribution in [-0.2, 0) is 6.42 Å². The van der Waals surface area contributed by atoms with Crippen molar-refractivity contribution in [3.8, 4) is 11.8 Å². The molecule has 98 valence electrons. The van der Waals surface area contributed by atoms with Crippen molar-refractivity contribution in [2.75, 3.05) is 7.11 Å². The van der Waals surface area contributed by atoms with Gasteiger partial charge in [0.2, 0.25) is 0 Å². The summed E-state index contributed by atoms with van der Waals surface area (Å²) in [4.78, 5) is 0. The zero-order chi connectivity index (χ0) is 13.9. The van der Waals surface area contributed by atoms with Crippen LogP contribution in [0.1, 0.15) is 22.6 Å². The maximum atomic E-state index is 9.09. The predicted molar refractivity (Wildman–Crippen MR) is 79.5 cm³/mol. The van der Waals surface area contributed by atoms with E-state index in [0.717, 1.165) is 23.3 Å². The molecule has 1 aliphatic rings. The molecular formula is C18H15NO. The largest absolute Gasteiger partial charge is 0.497 e. The van der Waals surface area contributed by atoms with Crippen LogP contribution in [0.3, 0.4) is 0 Å². The van der Waals surface area contributed by atoms with Crippen LogP contribution < -0.4 is 4.74 Å². The van der Waals surface area contributed by atoms with Crippen molar-refractivity contribution in [3.63, 3.8) is 0 Å². The lowest BCUT2D eigenvalue weighted by Crippen LogP contribution is -1.96.